The first kappa shape index (κ1) is 28.9. The molecule has 0 radical (unpaired) electrons. The molecule has 0 aliphatic carbocycles. The van der Waals surface area contributed by atoms with Gasteiger partial charge in [0, 0.05) is 5.02 Å². The molecule has 0 fully saturated rings. The third kappa shape index (κ3) is 8.12. The molecule has 2 aromatic carbocycles. The quantitative estimate of drug-likeness (QED) is 0.446. The highest BCUT2D eigenvalue weighted by molar-refractivity contribution is 7.91. The molecule has 6 nitrogen and oxygen atoms in total. The lowest BCUT2D eigenvalue weighted by Crippen LogP contribution is -2.50. The van der Waals surface area contributed by atoms with Crippen molar-refractivity contribution in [3.63, 3.8) is 0 Å². The van der Waals surface area contributed by atoms with Gasteiger partial charge in [0.15, 0.2) is 0 Å². The van der Waals surface area contributed by atoms with Crippen LogP contribution in [0.2, 0.25) is 5.02 Å². The summed E-state index contributed by atoms with van der Waals surface area (Å²) in [5.74, 6) is 0. The van der Waals surface area contributed by atoms with Crippen LogP contribution in [0.4, 0.5) is 18.0 Å². The Kier molecular flexibility index (Phi) is 8.89. The van der Waals surface area contributed by atoms with Crippen LogP contribution in [0.5, 0.6) is 0 Å². The van der Waals surface area contributed by atoms with E-state index in [1.54, 1.807) is 27.7 Å². The molecule has 2 rings (SSSR count). The number of amides is 1. The van der Waals surface area contributed by atoms with E-state index in [9.17, 15) is 31.5 Å². The first-order chi connectivity index (χ1) is 16.0. The second kappa shape index (κ2) is 10.8. The maximum absolute atomic E-state index is 13.0. The lowest BCUT2D eigenvalue weighted by atomic mass is 9.94. The van der Waals surface area contributed by atoms with E-state index in [0.717, 1.165) is 18.2 Å². The summed E-state index contributed by atoms with van der Waals surface area (Å²) >= 11 is 6.28. The zero-order valence-electron chi connectivity index (χ0n) is 19.9. The number of alkyl halides is 3. The Morgan fingerprint density at radius 2 is 1.69 bits per heavy atom. The molecule has 0 bridgehead atoms. The third-order valence-electron chi connectivity index (χ3n) is 5.13. The van der Waals surface area contributed by atoms with Crippen LogP contribution in [-0.4, -0.2) is 37.4 Å². The molecule has 0 saturated carbocycles. The molecule has 1 atom stereocenters. The van der Waals surface area contributed by atoms with Crippen LogP contribution in [-0.2, 0) is 27.2 Å². The smallest absolute Gasteiger partial charge is 0.416 e. The number of hydrogen-bond donors (Lipinski definition) is 2. The summed E-state index contributed by atoms with van der Waals surface area (Å²) in [4.78, 5) is 11.4. The molecule has 0 aromatic heterocycles. The van der Waals surface area contributed by atoms with Crippen molar-refractivity contribution < 1.29 is 36.2 Å². The van der Waals surface area contributed by atoms with E-state index in [1.807, 2.05) is 0 Å². The molecule has 0 aliphatic rings. The second-order valence-electron chi connectivity index (χ2n) is 9.48. The Hall–Kier alpha value is -2.30. The van der Waals surface area contributed by atoms with Crippen molar-refractivity contribution in [1.29, 1.82) is 0 Å². The van der Waals surface area contributed by atoms with Gasteiger partial charge >= 0.3 is 12.3 Å². The number of aliphatic hydroxyl groups is 1. The van der Waals surface area contributed by atoms with Crippen LogP contribution in [0.3, 0.4) is 0 Å². The number of sulfone groups is 1. The van der Waals surface area contributed by atoms with Gasteiger partial charge in [-0.25, -0.2) is 13.2 Å². The van der Waals surface area contributed by atoms with Gasteiger partial charge < -0.3 is 15.2 Å². The van der Waals surface area contributed by atoms with E-state index >= 15 is 0 Å². The van der Waals surface area contributed by atoms with Gasteiger partial charge in [-0.1, -0.05) is 23.7 Å². The Labute approximate surface area is 208 Å². The molecule has 2 aromatic rings. The molecule has 2 N–H and O–H groups in total. The van der Waals surface area contributed by atoms with Crippen LogP contribution in [0.15, 0.2) is 52.3 Å². The number of carbonyl (C=O) groups is 1. The average Bonchev–Trinajstić information content (AvgIpc) is 2.72. The number of ether oxygens (including phenoxy) is 1. The summed E-state index contributed by atoms with van der Waals surface area (Å²) in [5.41, 5.74) is -2.08. The normalized spacial score (nSPS) is 14.3. The van der Waals surface area contributed by atoms with E-state index in [4.69, 9.17) is 16.3 Å². The monoisotopic (exact) mass is 535 g/mol. The standard InChI is InChI=1S/C24H29ClF3NO5S/c1-22(2,3)34-21(31)29-23(4,15-30)12-6-7-16-10-11-19(14-20(16)25)35(32,33)18-9-5-8-17(13-18)24(26,27)28/h5,8-11,13-14,30H,6-7,12,15H2,1-4H3,(H,29,31)/t23-/m1/s1. The van der Waals surface area contributed by atoms with Crippen molar-refractivity contribution in [2.24, 2.45) is 0 Å². The molecular formula is C24H29ClF3NO5S. The van der Waals surface area contributed by atoms with E-state index < -0.39 is 43.7 Å². The first-order valence-corrected chi connectivity index (χ1v) is 12.7. The summed E-state index contributed by atoms with van der Waals surface area (Å²) in [6, 6.07) is 7.52. The van der Waals surface area contributed by atoms with Gasteiger partial charge in [-0.3, -0.25) is 0 Å². The van der Waals surface area contributed by atoms with E-state index in [1.165, 1.54) is 18.2 Å². The maximum Gasteiger partial charge on any atom is 0.416 e. The molecule has 0 heterocycles. The number of carbonyl (C=O) groups excluding carboxylic acids is 1. The minimum Gasteiger partial charge on any atom is -0.444 e. The minimum absolute atomic E-state index is 0.142. The van der Waals surface area contributed by atoms with Gasteiger partial charge in [-0.2, -0.15) is 13.2 Å². The van der Waals surface area contributed by atoms with Crippen molar-refractivity contribution >= 4 is 27.5 Å². The Bertz CT molecular complexity index is 1160. The fourth-order valence-electron chi connectivity index (χ4n) is 3.27. The predicted molar refractivity (Wildman–Crippen MR) is 126 cm³/mol. The molecular weight excluding hydrogens is 507 g/mol. The van der Waals surface area contributed by atoms with Crippen molar-refractivity contribution in [1.82, 2.24) is 5.32 Å². The third-order valence-corrected chi connectivity index (χ3v) is 7.23. The SMILES string of the molecule is CC(C)(C)OC(=O)N[C@@](C)(CO)CCCc1ccc(S(=O)(=O)c2cccc(C(F)(F)F)c2)cc1Cl. The highest BCUT2D eigenvalue weighted by atomic mass is 35.5. The lowest BCUT2D eigenvalue weighted by molar-refractivity contribution is -0.137. The van der Waals surface area contributed by atoms with Gasteiger partial charge in [0.1, 0.15) is 5.60 Å². The molecule has 194 valence electrons. The number of rotatable bonds is 8. The Morgan fingerprint density at radius 1 is 1.06 bits per heavy atom. The number of benzene rings is 2. The van der Waals surface area contributed by atoms with Crippen LogP contribution in [0, 0.1) is 0 Å². The van der Waals surface area contributed by atoms with Crippen molar-refractivity contribution in [2.45, 2.75) is 74.1 Å². The molecule has 11 heteroatoms. The summed E-state index contributed by atoms with van der Waals surface area (Å²) in [6.45, 7) is 6.52. The lowest BCUT2D eigenvalue weighted by Gasteiger charge is -2.30. The molecule has 35 heavy (non-hydrogen) atoms. The maximum atomic E-state index is 13.0. The van der Waals surface area contributed by atoms with Crippen molar-refractivity contribution in [3.05, 3.63) is 58.6 Å². The van der Waals surface area contributed by atoms with Crippen LogP contribution in [0.1, 0.15) is 51.7 Å². The van der Waals surface area contributed by atoms with Gasteiger partial charge in [0.05, 0.1) is 27.5 Å². The average molecular weight is 536 g/mol. The van der Waals surface area contributed by atoms with Gasteiger partial charge in [-0.05, 0) is 82.9 Å². The molecule has 0 spiro atoms. The first-order valence-electron chi connectivity index (χ1n) is 10.8. The summed E-state index contributed by atoms with van der Waals surface area (Å²) < 4.78 is 69.9. The minimum atomic E-state index is -4.67. The number of nitrogens with one attached hydrogen (secondary N) is 1. The number of hydrogen-bond acceptors (Lipinski definition) is 5. The zero-order valence-corrected chi connectivity index (χ0v) is 21.4. The van der Waals surface area contributed by atoms with Gasteiger partial charge in [-0.15, -0.1) is 0 Å². The van der Waals surface area contributed by atoms with Gasteiger partial charge in [0.2, 0.25) is 9.84 Å². The Balaban J connectivity index is 2.12. The highest BCUT2D eigenvalue weighted by Crippen LogP contribution is 2.33. The number of halogens is 4. The van der Waals surface area contributed by atoms with Crippen LogP contribution in [0.25, 0.3) is 0 Å². The molecule has 0 aliphatic heterocycles. The molecule has 1 amide bonds. The van der Waals surface area contributed by atoms with Crippen molar-refractivity contribution in [3.8, 4) is 0 Å². The summed E-state index contributed by atoms with van der Waals surface area (Å²) in [7, 11) is -4.22. The van der Waals surface area contributed by atoms with Crippen LogP contribution >= 0.6 is 11.6 Å². The predicted octanol–water partition coefficient (Wildman–Crippen LogP) is 5.79. The van der Waals surface area contributed by atoms with E-state index in [0.29, 0.717) is 30.9 Å². The number of aliphatic hydroxyl groups excluding tert-OH is 1. The summed E-state index contributed by atoms with van der Waals surface area (Å²) in [6.07, 6.45) is -4.05. The second-order valence-corrected chi connectivity index (χ2v) is 11.8. The van der Waals surface area contributed by atoms with E-state index in [2.05, 4.69) is 5.32 Å². The van der Waals surface area contributed by atoms with Crippen molar-refractivity contribution in [2.75, 3.05) is 6.61 Å². The number of aryl methyl sites for hydroxylation is 1. The fraction of sp³-hybridized carbons (Fsp3) is 0.458. The molecule has 0 unspecified atom stereocenters. The fourth-order valence-corrected chi connectivity index (χ4v) is 4.95. The highest BCUT2D eigenvalue weighted by Gasteiger charge is 2.32. The number of alkyl carbamates (subject to hydrolysis) is 1. The summed E-state index contributed by atoms with van der Waals surface area (Å²) in [5, 5.41) is 12.6. The zero-order chi connectivity index (χ0) is 26.7. The van der Waals surface area contributed by atoms with Crippen LogP contribution < -0.4 is 5.32 Å². The molecule has 0 saturated heterocycles. The van der Waals surface area contributed by atoms with Gasteiger partial charge in [0.25, 0.3) is 0 Å². The van der Waals surface area contributed by atoms with E-state index in [-0.39, 0.29) is 16.5 Å². The largest absolute Gasteiger partial charge is 0.444 e. The topological polar surface area (TPSA) is 92.7 Å². The Morgan fingerprint density at radius 3 is 2.23 bits per heavy atom.